The van der Waals surface area contributed by atoms with Gasteiger partial charge in [-0.05, 0) is 20.8 Å². The minimum absolute atomic E-state index is 0.269. The number of methoxy groups -OCH3 is 2. The Bertz CT molecular complexity index is 562. The fourth-order valence-corrected chi connectivity index (χ4v) is 2.05. The number of hydrogen-bond donors (Lipinski definition) is 2. The lowest BCUT2D eigenvalue weighted by Gasteiger charge is -2.21. The van der Waals surface area contributed by atoms with Crippen molar-refractivity contribution in [3.05, 3.63) is 12.1 Å². The first-order valence-electron chi connectivity index (χ1n) is 5.66. The molecule has 7 heteroatoms. The van der Waals surface area contributed by atoms with Gasteiger partial charge in [-0.15, -0.1) is 0 Å². The first-order valence-corrected chi connectivity index (χ1v) is 7.14. The van der Waals surface area contributed by atoms with Crippen molar-refractivity contribution < 1.29 is 17.9 Å². The van der Waals surface area contributed by atoms with Crippen LogP contribution < -0.4 is 19.9 Å². The zero-order valence-corrected chi connectivity index (χ0v) is 12.6. The lowest BCUT2D eigenvalue weighted by molar-refractivity contribution is 0.355. The molecule has 0 bridgehead atoms. The van der Waals surface area contributed by atoms with E-state index in [2.05, 4.69) is 4.72 Å². The molecule has 19 heavy (non-hydrogen) atoms. The molecule has 0 aliphatic heterocycles. The van der Waals surface area contributed by atoms with Crippen LogP contribution in [-0.2, 0) is 10.0 Å². The van der Waals surface area contributed by atoms with Crippen LogP contribution in [0, 0.1) is 0 Å². The van der Waals surface area contributed by atoms with Crippen molar-refractivity contribution in [2.75, 3.05) is 24.7 Å². The van der Waals surface area contributed by atoms with Gasteiger partial charge in [0.1, 0.15) is 0 Å². The molecule has 0 atom stereocenters. The Labute approximate surface area is 113 Å². The van der Waals surface area contributed by atoms with Crippen LogP contribution >= 0.6 is 0 Å². The summed E-state index contributed by atoms with van der Waals surface area (Å²) in [4.78, 5) is 0. The summed E-state index contributed by atoms with van der Waals surface area (Å²) in [5, 5.41) is 0. The second-order valence-electron chi connectivity index (χ2n) is 5.01. The Hall–Kier alpha value is -1.63. The number of ether oxygens (including phenoxy) is 2. The summed E-state index contributed by atoms with van der Waals surface area (Å²) in [6.07, 6.45) is 0. The van der Waals surface area contributed by atoms with Gasteiger partial charge in [0.2, 0.25) is 10.0 Å². The molecule has 0 saturated carbocycles. The molecule has 0 radical (unpaired) electrons. The largest absolute Gasteiger partial charge is 0.493 e. The number of anilines is 2. The number of benzene rings is 1. The molecule has 6 nitrogen and oxygen atoms in total. The molecule has 1 aromatic rings. The van der Waals surface area contributed by atoms with E-state index in [1.165, 1.54) is 26.4 Å². The van der Waals surface area contributed by atoms with Crippen LogP contribution in [0.25, 0.3) is 0 Å². The maximum atomic E-state index is 12.1. The van der Waals surface area contributed by atoms with E-state index in [0.29, 0.717) is 11.5 Å². The second-order valence-corrected chi connectivity index (χ2v) is 7.45. The van der Waals surface area contributed by atoms with Crippen molar-refractivity contribution in [3.8, 4) is 11.5 Å². The van der Waals surface area contributed by atoms with Crippen LogP contribution in [0.1, 0.15) is 20.8 Å². The molecule has 108 valence electrons. The normalized spacial score (nSPS) is 12.1. The van der Waals surface area contributed by atoms with Crippen molar-refractivity contribution in [1.29, 1.82) is 0 Å². The summed E-state index contributed by atoms with van der Waals surface area (Å²) >= 11 is 0. The molecule has 0 spiro atoms. The summed E-state index contributed by atoms with van der Waals surface area (Å²) in [6.45, 7) is 4.81. The number of hydrogen-bond acceptors (Lipinski definition) is 5. The van der Waals surface area contributed by atoms with E-state index in [1.54, 1.807) is 20.8 Å². The van der Waals surface area contributed by atoms with E-state index in [1.807, 2.05) is 0 Å². The Morgan fingerprint density at radius 3 is 2.00 bits per heavy atom. The van der Waals surface area contributed by atoms with E-state index in [-0.39, 0.29) is 11.4 Å². The van der Waals surface area contributed by atoms with Crippen LogP contribution in [-0.4, -0.2) is 27.4 Å². The fraction of sp³-hybridized carbons (Fsp3) is 0.500. The topological polar surface area (TPSA) is 90.6 Å². The first-order chi connectivity index (χ1) is 8.62. The smallest absolute Gasteiger partial charge is 0.237 e. The molecule has 0 aliphatic rings. The molecule has 3 N–H and O–H groups in total. The maximum absolute atomic E-state index is 12.1. The highest BCUT2D eigenvalue weighted by molar-refractivity contribution is 7.94. The number of nitrogen functional groups attached to an aromatic ring is 1. The quantitative estimate of drug-likeness (QED) is 0.825. The number of nitrogens with one attached hydrogen (secondary N) is 1. The van der Waals surface area contributed by atoms with E-state index in [4.69, 9.17) is 15.2 Å². The highest BCUT2D eigenvalue weighted by Crippen LogP contribution is 2.36. The zero-order chi connectivity index (χ0) is 14.8. The average Bonchev–Trinajstić information content (AvgIpc) is 2.29. The van der Waals surface area contributed by atoms with Crippen molar-refractivity contribution in [1.82, 2.24) is 0 Å². The second kappa shape index (κ2) is 5.16. The first kappa shape index (κ1) is 15.4. The van der Waals surface area contributed by atoms with E-state index in [9.17, 15) is 8.42 Å². The van der Waals surface area contributed by atoms with E-state index < -0.39 is 14.8 Å². The van der Waals surface area contributed by atoms with Gasteiger partial charge in [-0.25, -0.2) is 8.42 Å². The molecule has 1 rings (SSSR count). The predicted octanol–water partition coefficient (Wildman–Crippen LogP) is 1.83. The van der Waals surface area contributed by atoms with Crippen molar-refractivity contribution in [2.24, 2.45) is 0 Å². The Balaban J connectivity index is 3.23. The van der Waals surface area contributed by atoms with E-state index >= 15 is 0 Å². The highest BCUT2D eigenvalue weighted by Gasteiger charge is 2.29. The minimum Gasteiger partial charge on any atom is -0.493 e. The summed E-state index contributed by atoms with van der Waals surface area (Å²) in [6, 6.07) is 3.01. The van der Waals surface area contributed by atoms with Gasteiger partial charge in [0.15, 0.2) is 11.5 Å². The summed E-state index contributed by atoms with van der Waals surface area (Å²) in [7, 11) is -0.593. The molecule has 0 aromatic heterocycles. The van der Waals surface area contributed by atoms with Crippen molar-refractivity contribution in [2.45, 2.75) is 25.5 Å². The Morgan fingerprint density at radius 2 is 1.58 bits per heavy atom. The van der Waals surface area contributed by atoms with E-state index in [0.717, 1.165) is 0 Å². The van der Waals surface area contributed by atoms with Crippen LogP contribution in [0.2, 0.25) is 0 Å². The number of rotatable bonds is 4. The molecule has 0 heterocycles. The Kier molecular flexibility index (Phi) is 4.19. The fourth-order valence-electron chi connectivity index (χ4n) is 1.28. The third kappa shape index (κ3) is 3.23. The lowest BCUT2D eigenvalue weighted by atomic mass is 10.2. The SMILES string of the molecule is COc1cc(N)c(NS(=O)(=O)C(C)(C)C)cc1OC. The lowest BCUT2D eigenvalue weighted by Crippen LogP contribution is -2.33. The average molecular weight is 288 g/mol. The molecule has 0 fully saturated rings. The summed E-state index contributed by atoms with van der Waals surface area (Å²) in [5.74, 6) is 0.849. The number of nitrogens with two attached hydrogens (primary N) is 1. The van der Waals surface area contributed by atoms with Gasteiger partial charge in [0.25, 0.3) is 0 Å². The Morgan fingerprint density at radius 1 is 1.11 bits per heavy atom. The van der Waals surface area contributed by atoms with Gasteiger partial charge >= 0.3 is 0 Å². The molecular weight excluding hydrogens is 268 g/mol. The molecule has 0 aliphatic carbocycles. The highest BCUT2D eigenvalue weighted by atomic mass is 32.2. The molecule has 0 amide bonds. The molecule has 0 saturated heterocycles. The third-order valence-electron chi connectivity index (χ3n) is 2.61. The van der Waals surface area contributed by atoms with Gasteiger partial charge < -0.3 is 15.2 Å². The molecule has 1 aromatic carbocycles. The molecular formula is C12H20N2O4S. The summed E-state index contributed by atoms with van der Waals surface area (Å²) < 4.78 is 35.9. The van der Waals surface area contributed by atoms with Gasteiger partial charge in [-0.1, -0.05) is 0 Å². The van der Waals surface area contributed by atoms with Crippen LogP contribution in [0.3, 0.4) is 0 Å². The van der Waals surface area contributed by atoms with Crippen molar-refractivity contribution >= 4 is 21.4 Å². The van der Waals surface area contributed by atoms with Crippen LogP contribution in [0.15, 0.2) is 12.1 Å². The van der Waals surface area contributed by atoms with Crippen LogP contribution in [0.4, 0.5) is 11.4 Å². The van der Waals surface area contributed by atoms with Crippen molar-refractivity contribution in [3.63, 3.8) is 0 Å². The zero-order valence-electron chi connectivity index (χ0n) is 11.8. The van der Waals surface area contributed by atoms with Gasteiger partial charge in [0, 0.05) is 12.1 Å². The maximum Gasteiger partial charge on any atom is 0.237 e. The monoisotopic (exact) mass is 288 g/mol. The molecule has 0 unspecified atom stereocenters. The minimum atomic E-state index is -3.54. The van der Waals surface area contributed by atoms with Gasteiger partial charge in [0.05, 0.1) is 30.3 Å². The third-order valence-corrected chi connectivity index (χ3v) is 4.71. The standard InChI is InChI=1S/C12H20N2O4S/c1-12(2,3)19(15,16)14-9-7-11(18-5)10(17-4)6-8(9)13/h6-7,14H,13H2,1-5H3. The summed E-state index contributed by atoms with van der Waals surface area (Å²) in [5.41, 5.74) is 6.35. The van der Waals surface area contributed by atoms with Crippen LogP contribution in [0.5, 0.6) is 11.5 Å². The predicted molar refractivity (Wildman–Crippen MR) is 76.3 cm³/mol. The van der Waals surface area contributed by atoms with Gasteiger partial charge in [-0.3, -0.25) is 4.72 Å². The van der Waals surface area contributed by atoms with Gasteiger partial charge in [-0.2, -0.15) is 0 Å². The number of sulfonamides is 1.